The summed E-state index contributed by atoms with van der Waals surface area (Å²) in [6, 6.07) is -2.40. The number of carboxylic acid groups (broad SMARTS) is 1. The Morgan fingerprint density at radius 1 is 0.517 bits per heavy atom. The molecule has 2 aliphatic rings. The highest BCUT2D eigenvalue weighted by molar-refractivity contribution is 7.46. The summed E-state index contributed by atoms with van der Waals surface area (Å²) < 4.78 is 61.8. The number of allylic oxidation sites excluding steroid dienone is 2. The Morgan fingerprint density at radius 2 is 0.966 bits per heavy atom. The third-order valence-electron chi connectivity index (χ3n) is 17.3. The van der Waals surface area contributed by atoms with Gasteiger partial charge in [-0.1, -0.05) is 252 Å². The van der Waals surface area contributed by atoms with Gasteiger partial charge in [0.05, 0.1) is 19.3 Å². The normalized spacial score (nSPS) is 22.7. The van der Waals surface area contributed by atoms with Gasteiger partial charge in [-0.3, -0.25) is 14.1 Å². The van der Waals surface area contributed by atoms with Crippen molar-refractivity contribution < 1.29 is 81.7 Å². The monoisotopic (exact) mass is 1290 g/mol. The summed E-state index contributed by atoms with van der Waals surface area (Å²) in [6.07, 6.45) is 40.4. The number of rotatable bonds is 63. The molecule has 2 saturated heterocycles. The molecule has 0 aromatic rings. The third-order valence-corrected chi connectivity index (χ3v) is 17.9. The first kappa shape index (κ1) is 83.0. The Labute approximate surface area is 539 Å². The minimum absolute atomic E-state index is 0.0257. The Morgan fingerprint density at radius 3 is 1.47 bits per heavy atom. The van der Waals surface area contributed by atoms with Crippen LogP contribution < -0.4 is 10.6 Å². The van der Waals surface area contributed by atoms with Gasteiger partial charge in [0.1, 0.15) is 55.3 Å². The van der Waals surface area contributed by atoms with Crippen LogP contribution in [0.25, 0.3) is 0 Å². The lowest BCUT2D eigenvalue weighted by Crippen LogP contribution is -2.67. The largest absolute Gasteiger partial charge is 0.480 e. The van der Waals surface area contributed by atoms with E-state index < -0.39 is 94.9 Å². The van der Waals surface area contributed by atoms with E-state index in [-0.39, 0.29) is 31.6 Å². The van der Waals surface area contributed by atoms with E-state index in [0.29, 0.717) is 32.3 Å². The number of phosphoric acid groups is 1. The van der Waals surface area contributed by atoms with Crippen LogP contribution >= 0.6 is 7.82 Å². The lowest BCUT2D eigenvalue weighted by Gasteiger charge is -2.47. The van der Waals surface area contributed by atoms with Gasteiger partial charge in [-0.2, -0.15) is 0 Å². The van der Waals surface area contributed by atoms with E-state index in [4.69, 9.17) is 37.7 Å². The minimum atomic E-state index is -5.25. The third kappa shape index (κ3) is 42.1. The maximum Gasteiger partial charge on any atom is 0.470 e. The van der Waals surface area contributed by atoms with Crippen LogP contribution in [-0.2, 0) is 56.6 Å². The number of aliphatic hydroxyl groups excluding tert-OH is 2. The molecule has 2 rings (SSSR count). The predicted octanol–water partition coefficient (Wildman–Crippen LogP) is 14.6. The summed E-state index contributed by atoms with van der Waals surface area (Å²) in [4.78, 5) is 58.4. The second-order valence-electron chi connectivity index (χ2n) is 25.3. The fourth-order valence-corrected chi connectivity index (χ4v) is 12.6. The van der Waals surface area contributed by atoms with Gasteiger partial charge in [0.15, 0.2) is 12.6 Å². The molecule has 0 aliphatic carbocycles. The van der Waals surface area contributed by atoms with Crippen molar-refractivity contribution in [1.82, 2.24) is 10.6 Å². The average Bonchev–Trinajstić information content (AvgIpc) is 1.69. The molecule has 11 atom stereocenters. The van der Waals surface area contributed by atoms with Gasteiger partial charge >= 0.3 is 13.8 Å². The van der Waals surface area contributed by atoms with E-state index in [2.05, 4.69) is 50.5 Å². The van der Waals surface area contributed by atoms with Crippen LogP contribution in [-0.4, -0.2) is 150 Å². The molecular weight excluding hydrogens is 1160 g/mol. The molecule has 0 unspecified atom stereocenters. The first-order chi connectivity index (χ1) is 43.3. The number of unbranched alkanes of at least 4 members (excludes halogenated alkanes) is 35. The number of hydrogen-bond acceptors (Lipinski definition) is 14. The van der Waals surface area contributed by atoms with Crippen molar-refractivity contribution >= 4 is 26.1 Å². The number of nitrogens with one attached hydrogen (secondary N) is 2. The molecule has 2 amide bonds. The fraction of sp³-hybridized carbons (Fsp3) is 0.928. The standard InChI is InChI=1S/C69H131N2O17P/c1-5-9-13-17-21-25-28-30-34-37-41-45-50-81-57(47-43-39-35-31-24-20-16-12-8-4)49-52-83-67-62(70-56-73)68(86-58(53-72)65(67)88-89(78,79)80)84-54-59-64(77)66(82-51-46-42-38-33-27-23-19-15-11-7-3)63(69(87-59)85-55-61(75)76)71-60(74)48-44-40-36-32-29-26-22-18-14-10-6-2/h25,28,56-59,62-69,72,77H,5-24,26-27,29-55H2,1-4H3,(H,70,73)(H,71,74)(H,75,76)(H2,78,79,80)/b28-25-/t57-,58-,59-,62-,63-,64-,65-,66-,67-,68-,69+/m1/s1. The van der Waals surface area contributed by atoms with Gasteiger partial charge in [-0.15, -0.1) is 0 Å². The van der Waals surface area contributed by atoms with Gasteiger partial charge < -0.3 is 68.9 Å². The van der Waals surface area contributed by atoms with Gasteiger partial charge in [0.25, 0.3) is 0 Å². The molecule has 524 valence electrons. The highest BCUT2D eigenvalue weighted by atomic mass is 31.2. The Bertz CT molecular complexity index is 1750. The van der Waals surface area contributed by atoms with Crippen LogP contribution in [0.4, 0.5) is 0 Å². The van der Waals surface area contributed by atoms with Crippen molar-refractivity contribution in [3.63, 3.8) is 0 Å². The number of carboxylic acids is 1. The highest BCUT2D eigenvalue weighted by Crippen LogP contribution is 2.42. The number of aliphatic carboxylic acids is 1. The maximum absolute atomic E-state index is 13.7. The van der Waals surface area contributed by atoms with Gasteiger partial charge in [-0.25, -0.2) is 9.36 Å². The molecule has 0 aromatic heterocycles. The van der Waals surface area contributed by atoms with Crippen LogP contribution in [0.2, 0.25) is 0 Å². The fourth-order valence-electron chi connectivity index (χ4n) is 12.1. The minimum Gasteiger partial charge on any atom is -0.480 e. The second-order valence-corrected chi connectivity index (χ2v) is 26.5. The first-order valence-electron chi connectivity index (χ1n) is 36.1. The number of phosphoric ester groups is 1. The quantitative estimate of drug-likeness (QED) is 0.0129. The zero-order valence-corrected chi connectivity index (χ0v) is 57.2. The zero-order valence-electron chi connectivity index (χ0n) is 56.3. The zero-order chi connectivity index (χ0) is 64.8. The molecule has 89 heavy (non-hydrogen) atoms. The van der Waals surface area contributed by atoms with Crippen LogP contribution in [0.15, 0.2) is 12.2 Å². The summed E-state index contributed by atoms with van der Waals surface area (Å²) >= 11 is 0. The van der Waals surface area contributed by atoms with Gasteiger partial charge in [-0.05, 0) is 57.8 Å². The van der Waals surface area contributed by atoms with Crippen LogP contribution in [0.5, 0.6) is 0 Å². The molecule has 2 heterocycles. The smallest absolute Gasteiger partial charge is 0.470 e. The van der Waals surface area contributed by atoms with Crippen molar-refractivity contribution in [1.29, 1.82) is 0 Å². The van der Waals surface area contributed by atoms with Crippen LogP contribution in [0, 0.1) is 0 Å². The van der Waals surface area contributed by atoms with E-state index in [0.717, 1.165) is 109 Å². The molecule has 0 saturated carbocycles. The number of hydrogen-bond donors (Lipinski definition) is 7. The van der Waals surface area contributed by atoms with Crippen molar-refractivity contribution in [2.75, 3.05) is 39.6 Å². The topological polar surface area (TPSA) is 267 Å². The SMILES string of the molecule is CCCCCC/C=C\CCCCCCO[C@H](CCCCCCCCCCC)CCO[C@@H]1[C@@H](NC=O)[C@H](OC[C@H]2O[C@H](OCC(=O)O)[C@H](NC(=O)CCCCCCCCCCCCC)[C@@H](OCCCCCCCCCCCC)[C@@H]2O)O[C@H](CO)[C@H]1OP(=O)(O)O. The summed E-state index contributed by atoms with van der Waals surface area (Å²) in [6.45, 7) is 7.64. The molecule has 2 aliphatic heterocycles. The van der Waals surface area contributed by atoms with E-state index in [9.17, 15) is 44.1 Å². The molecule has 0 spiro atoms. The van der Waals surface area contributed by atoms with Gasteiger partial charge in [0.2, 0.25) is 12.3 Å². The number of carbonyl (C=O) groups excluding carboxylic acids is 2. The molecule has 2 fully saturated rings. The Kier molecular flexibility index (Phi) is 52.5. The average molecular weight is 1290 g/mol. The van der Waals surface area contributed by atoms with Crippen molar-refractivity contribution in [2.45, 2.75) is 371 Å². The predicted molar refractivity (Wildman–Crippen MR) is 351 cm³/mol. The molecule has 20 heteroatoms. The van der Waals surface area contributed by atoms with E-state index >= 15 is 0 Å². The second kappa shape index (κ2) is 56.3. The van der Waals surface area contributed by atoms with Crippen LogP contribution in [0.1, 0.15) is 304 Å². The molecule has 19 nitrogen and oxygen atoms in total. The number of ether oxygens (including phenoxy) is 7. The van der Waals surface area contributed by atoms with Crippen molar-refractivity contribution in [3.05, 3.63) is 12.2 Å². The Hall–Kier alpha value is -2.10. The highest BCUT2D eigenvalue weighted by Gasteiger charge is 2.52. The molecule has 7 N–H and O–H groups in total. The van der Waals surface area contributed by atoms with Crippen molar-refractivity contribution in [2.24, 2.45) is 0 Å². The summed E-state index contributed by atoms with van der Waals surface area (Å²) in [7, 11) is -5.25. The first-order valence-corrected chi connectivity index (χ1v) is 37.6. The summed E-state index contributed by atoms with van der Waals surface area (Å²) in [5.41, 5.74) is 0. The van der Waals surface area contributed by atoms with E-state index in [1.165, 1.54) is 141 Å². The van der Waals surface area contributed by atoms with Gasteiger partial charge in [0, 0.05) is 26.2 Å². The maximum atomic E-state index is 13.7. The number of amides is 2. The van der Waals surface area contributed by atoms with Crippen molar-refractivity contribution in [3.8, 4) is 0 Å². The van der Waals surface area contributed by atoms with E-state index in [1.807, 2.05) is 0 Å². The van der Waals surface area contributed by atoms with E-state index in [1.54, 1.807) is 0 Å². The lowest BCUT2D eigenvalue weighted by atomic mass is 9.95. The molecule has 0 aromatic carbocycles. The number of carbonyl (C=O) groups is 3. The molecule has 0 radical (unpaired) electrons. The summed E-state index contributed by atoms with van der Waals surface area (Å²) in [5, 5.41) is 38.3. The van der Waals surface area contributed by atoms with Crippen LogP contribution in [0.3, 0.4) is 0 Å². The molecular formula is C69H131N2O17P. The molecule has 0 bridgehead atoms. The Balaban J connectivity index is 2.30. The summed E-state index contributed by atoms with van der Waals surface area (Å²) in [5.74, 6) is -1.61. The lowest BCUT2D eigenvalue weighted by molar-refractivity contribution is -0.307. The number of aliphatic hydroxyl groups is 2.